The van der Waals surface area contributed by atoms with Crippen molar-refractivity contribution in [1.29, 1.82) is 0 Å². The third-order valence-corrected chi connectivity index (χ3v) is 4.03. The van der Waals surface area contributed by atoms with Crippen LogP contribution >= 0.6 is 11.3 Å². The van der Waals surface area contributed by atoms with Crippen LogP contribution in [0.4, 0.5) is 0 Å². The lowest BCUT2D eigenvalue weighted by molar-refractivity contribution is 0.410. The highest BCUT2D eigenvalue weighted by atomic mass is 32.1. The normalized spacial score (nSPS) is 11.9. The third kappa shape index (κ3) is 1.90. The SMILES string of the molecule is CCC(N)(CC)c1nc(-c2ccco2)cs1. The van der Waals surface area contributed by atoms with Gasteiger partial charge in [0.1, 0.15) is 10.7 Å². The Morgan fingerprint density at radius 2 is 2.19 bits per heavy atom. The van der Waals surface area contributed by atoms with Gasteiger partial charge in [-0.3, -0.25) is 0 Å². The number of aromatic nitrogens is 1. The fraction of sp³-hybridized carbons (Fsp3) is 0.417. The Labute approximate surface area is 99.3 Å². The average molecular weight is 236 g/mol. The summed E-state index contributed by atoms with van der Waals surface area (Å²) in [6.45, 7) is 4.19. The maximum Gasteiger partial charge on any atom is 0.153 e. The molecule has 0 unspecified atom stereocenters. The van der Waals surface area contributed by atoms with Gasteiger partial charge in [-0.25, -0.2) is 4.98 Å². The van der Waals surface area contributed by atoms with Gasteiger partial charge in [-0.15, -0.1) is 11.3 Å². The van der Waals surface area contributed by atoms with Gasteiger partial charge in [0.05, 0.1) is 11.8 Å². The first-order valence-electron chi connectivity index (χ1n) is 5.48. The molecule has 86 valence electrons. The van der Waals surface area contributed by atoms with Gasteiger partial charge in [-0.05, 0) is 25.0 Å². The Kier molecular flexibility index (Phi) is 3.12. The van der Waals surface area contributed by atoms with Gasteiger partial charge < -0.3 is 10.2 Å². The molecule has 0 amide bonds. The van der Waals surface area contributed by atoms with E-state index in [0.29, 0.717) is 0 Å². The Hall–Kier alpha value is -1.13. The van der Waals surface area contributed by atoms with Crippen molar-refractivity contribution in [2.45, 2.75) is 32.2 Å². The van der Waals surface area contributed by atoms with Gasteiger partial charge >= 0.3 is 0 Å². The molecule has 0 aliphatic rings. The summed E-state index contributed by atoms with van der Waals surface area (Å²) >= 11 is 1.61. The quantitative estimate of drug-likeness (QED) is 0.885. The minimum Gasteiger partial charge on any atom is -0.463 e. The molecule has 0 bridgehead atoms. The number of thiazole rings is 1. The number of furan rings is 1. The fourth-order valence-corrected chi connectivity index (χ4v) is 2.66. The first kappa shape index (κ1) is 11.4. The van der Waals surface area contributed by atoms with Crippen LogP contribution in [0.3, 0.4) is 0 Å². The maximum atomic E-state index is 6.30. The van der Waals surface area contributed by atoms with Crippen LogP contribution in [0.25, 0.3) is 11.5 Å². The highest BCUT2D eigenvalue weighted by Gasteiger charge is 2.26. The molecule has 2 aromatic heterocycles. The molecule has 0 saturated carbocycles. The van der Waals surface area contributed by atoms with Crippen LogP contribution in [0.2, 0.25) is 0 Å². The van der Waals surface area contributed by atoms with Crippen LogP contribution < -0.4 is 5.73 Å². The number of nitrogens with zero attached hydrogens (tertiary/aromatic N) is 1. The minimum absolute atomic E-state index is 0.296. The van der Waals surface area contributed by atoms with E-state index in [1.165, 1.54) is 0 Å². The van der Waals surface area contributed by atoms with Gasteiger partial charge in [0.25, 0.3) is 0 Å². The van der Waals surface area contributed by atoms with Crippen LogP contribution in [0.1, 0.15) is 31.7 Å². The lowest BCUT2D eigenvalue weighted by Crippen LogP contribution is -2.34. The van der Waals surface area contributed by atoms with Gasteiger partial charge in [-0.1, -0.05) is 13.8 Å². The molecule has 3 nitrogen and oxygen atoms in total. The largest absolute Gasteiger partial charge is 0.463 e. The summed E-state index contributed by atoms with van der Waals surface area (Å²) in [5, 5.41) is 2.99. The van der Waals surface area contributed by atoms with Crippen molar-refractivity contribution < 1.29 is 4.42 Å². The number of rotatable bonds is 4. The average Bonchev–Trinajstić information content (AvgIpc) is 2.97. The van der Waals surface area contributed by atoms with E-state index in [9.17, 15) is 0 Å². The molecule has 0 aliphatic carbocycles. The summed E-state index contributed by atoms with van der Waals surface area (Å²) in [5.41, 5.74) is 6.88. The first-order valence-corrected chi connectivity index (χ1v) is 6.36. The van der Waals surface area contributed by atoms with E-state index in [-0.39, 0.29) is 5.54 Å². The Balaban J connectivity index is 2.33. The van der Waals surface area contributed by atoms with Crippen LogP contribution in [-0.2, 0) is 5.54 Å². The van der Waals surface area contributed by atoms with Crippen LogP contribution in [-0.4, -0.2) is 4.98 Å². The highest BCUT2D eigenvalue weighted by Crippen LogP contribution is 2.31. The minimum atomic E-state index is -0.296. The van der Waals surface area contributed by atoms with E-state index in [2.05, 4.69) is 18.8 Å². The second kappa shape index (κ2) is 4.39. The van der Waals surface area contributed by atoms with Crippen LogP contribution in [0, 0.1) is 0 Å². The lowest BCUT2D eigenvalue weighted by atomic mass is 9.95. The van der Waals surface area contributed by atoms with E-state index < -0.39 is 0 Å². The van der Waals surface area contributed by atoms with E-state index in [1.54, 1.807) is 17.6 Å². The zero-order chi connectivity index (χ0) is 11.6. The first-order chi connectivity index (χ1) is 7.69. The number of hydrogen-bond acceptors (Lipinski definition) is 4. The van der Waals surface area contributed by atoms with E-state index in [1.807, 2.05) is 17.5 Å². The Morgan fingerprint density at radius 3 is 2.75 bits per heavy atom. The fourth-order valence-electron chi connectivity index (χ4n) is 1.59. The number of hydrogen-bond donors (Lipinski definition) is 1. The summed E-state index contributed by atoms with van der Waals surface area (Å²) in [7, 11) is 0. The van der Waals surface area contributed by atoms with Gasteiger partial charge in [0.2, 0.25) is 0 Å². The van der Waals surface area contributed by atoms with E-state index in [0.717, 1.165) is 29.3 Å². The second-order valence-electron chi connectivity index (χ2n) is 3.88. The van der Waals surface area contributed by atoms with Crippen molar-refractivity contribution in [3.8, 4) is 11.5 Å². The molecule has 16 heavy (non-hydrogen) atoms. The summed E-state index contributed by atoms with van der Waals surface area (Å²) in [6, 6.07) is 3.78. The molecule has 2 N–H and O–H groups in total. The van der Waals surface area contributed by atoms with Crippen molar-refractivity contribution in [3.05, 3.63) is 28.8 Å². The lowest BCUT2D eigenvalue weighted by Gasteiger charge is -2.23. The van der Waals surface area contributed by atoms with Crippen molar-refractivity contribution in [1.82, 2.24) is 4.98 Å². The maximum absolute atomic E-state index is 6.30. The predicted octanol–water partition coefficient (Wildman–Crippen LogP) is 3.38. The molecule has 2 heterocycles. The summed E-state index contributed by atoms with van der Waals surface area (Å²) in [5.74, 6) is 0.803. The van der Waals surface area contributed by atoms with Crippen LogP contribution in [0.15, 0.2) is 28.2 Å². The third-order valence-electron chi connectivity index (χ3n) is 2.97. The molecule has 0 atom stereocenters. The van der Waals surface area contributed by atoms with Crippen LogP contribution in [0.5, 0.6) is 0 Å². The predicted molar refractivity (Wildman–Crippen MR) is 66.3 cm³/mol. The zero-order valence-corrected chi connectivity index (χ0v) is 10.4. The molecule has 0 fully saturated rings. The van der Waals surface area contributed by atoms with Gasteiger partial charge in [-0.2, -0.15) is 0 Å². The molecule has 0 radical (unpaired) electrons. The second-order valence-corrected chi connectivity index (χ2v) is 4.74. The van der Waals surface area contributed by atoms with Crippen molar-refractivity contribution in [3.63, 3.8) is 0 Å². The Morgan fingerprint density at radius 1 is 1.44 bits per heavy atom. The summed E-state index contributed by atoms with van der Waals surface area (Å²) < 4.78 is 5.32. The summed E-state index contributed by atoms with van der Waals surface area (Å²) in [4.78, 5) is 4.57. The molecule has 0 spiro atoms. The molecule has 2 aromatic rings. The molecule has 0 aliphatic heterocycles. The molecule has 2 rings (SSSR count). The van der Waals surface area contributed by atoms with E-state index in [4.69, 9.17) is 10.2 Å². The topological polar surface area (TPSA) is 52.0 Å². The van der Waals surface area contributed by atoms with Crippen molar-refractivity contribution in [2.24, 2.45) is 5.73 Å². The Bertz CT molecular complexity index is 443. The zero-order valence-electron chi connectivity index (χ0n) is 9.56. The number of nitrogens with two attached hydrogens (primary N) is 1. The molecule has 0 saturated heterocycles. The molecule has 4 heteroatoms. The summed E-state index contributed by atoms with van der Waals surface area (Å²) in [6.07, 6.45) is 3.45. The smallest absolute Gasteiger partial charge is 0.153 e. The molecular formula is C12H16N2OS. The van der Waals surface area contributed by atoms with E-state index >= 15 is 0 Å². The molecule has 0 aromatic carbocycles. The standard InChI is InChI=1S/C12H16N2OS/c1-3-12(13,4-2)11-14-9(8-16-11)10-6-5-7-15-10/h5-8H,3-4,13H2,1-2H3. The van der Waals surface area contributed by atoms with Crippen molar-refractivity contribution >= 4 is 11.3 Å². The monoisotopic (exact) mass is 236 g/mol. The highest BCUT2D eigenvalue weighted by molar-refractivity contribution is 7.10. The van der Waals surface area contributed by atoms with Gasteiger partial charge in [0.15, 0.2) is 5.76 Å². The van der Waals surface area contributed by atoms with Crippen molar-refractivity contribution in [2.75, 3.05) is 0 Å². The van der Waals surface area contributed by atoms with Gasteiger partial charge in [0, 0.05) is 5.38 Å². The molecular weight excluding hydrogens is 220 g/mol.